The summed E-state index contributed by atoms with van der Waals surface area (Å²) in [4.78, 5) is 3.77. The Morgan fingerprint density at radius 3 is 1.80 bits per heavy atom. The van der Waals surface area contributed by atoms with Gasteiger partial charge in [-0.3, -0.25) is 14.0 Å². The third-order valence-corrected chi connectivity index (χ3v) is 6.70. The van der Waals surface area contributed by atoms with Crippen molar-refractivity contribution in [3.8, 4) is 28.5 Å². The van der Waals surface area contributed by atoms with Gasteiger partial charge in [0, 0.05) is 21.1 Å². The van der Waals surface area contributed by atoms with Crippen molar-refractivity contribution in [1.82, 2.24) is 9.13 Å². The Morgan fingerprint density at radius 2 is 1.18 bits per heavy atom. The fourth-order valence-corrected chi connectivity index (χ4v) is 4.91. The number of imidazole rings is 2. The van der Waals surface area contributed by atoms with Gasteiger partial charge >= 0.3 is 0 Å². The number of para-hydroxylation sites is 7. The predicted molar refractivity (Wildman–Crippen MR) is 148 cm³/mol. The van der Waals surface area contributed by atoms with Crippen molar-refractivity contribution >= 4 is 27.8 Å². The van der Waals surface area contributed by atoms with Gasteiger partial charge in [0.05, 0.1) is 40.0 Å². The molecule has 6 nitrogen and oxygen atoms in total. The Balaban J connectivity index is 0.00000289. The van der Waals surface area contributed by atoms with Crippen molar-refractivity contribution < 1.29 is 35.3 Å². The number of fused-ring (bicyclic) bond motifs is 2. The number of aromatic hydroxyl groups is 1. The molecule has 0 aliphatic carbocycles. The minimum Gasteiger partial charge on any atom is -0.511 e. The minimum absolute atomic E-state index is 0. The third-order valence-electron chi connectivity index (χ3n) is 6.70. The van der Waals surface area contributed by atoms with Crippen molar-refractivity contribution in [2.75, 3.05) is 0 Å². The van der Waals surface area contributed by atoms with Crippen LogP contribution in [0.5, 0.6) is 5.75 Å². The van der Waals surface area contributed by atoms with Crippen molar-refractivity contribution in [3.63, 3.8) is 0 Å². The average molecular weight is 698 g/mol. The number of phenols is 1. The molecule has 0 atom stereocenters. The summed E-state index contributed by atoms with van der Waals surface area (Å²) in [5.41, 5.74) is 7.07. The molecule has 5 aromatic carbocycles. The first-order chi connectivity index (χ1) is 19.2. The van der Waals surface area contributed by atoms with E-state index in [-0.39, 0.29) is 26.8 Å². The fourth-order valence-electron chi connectivity index (χ4n) is 4.91. The molecule has 0 aliphatic rings. The Hall–Kier alpha value is -4.98. The van der Waals surface area contributed by atoms with E-state index < -0.39 is 0 Å². The molecule has 0 aliphatic heterocycles. The van der Waals surface area contributed by atoms with Crippen LogP contribution in [0.15, 0.2) is 115 Å². The van der Waals surface area contributed by atoms with Gasteiger partial charge in [0.1, 0.15) is 11.4 Å². The molecule has 2 heterocycles. The van der Waals surface area contributed by atoms with Crippen LogP contribution in [-0.4, -0.2) is 14.2 Å². The largest absolute Gasteiger partial charge is 0.511 e. The van der Waals surface area contributed by atoms with Crippen molar-refractivity contribution in [2.24, 2.45) is 0 Å². The second-order valence-electron chi connectivity index (χ2n) is 9.06. The maximum absolute atomic E-state index is 10.6. The first-order valence-electron chi connectivity index (χ1n) is 12.4. The summed E-state index contributed by atoms with van der Waals surface area (Å²) >= 11 is 0. The summed E-state index contributed by atoms with van der Waals surface area (Å²) in [6, 6.07) is 40.3. The summed E-state index contributed by atoms with van der Waals surface area (Å²) in [6.45, 7) is 7.82. The van der Waals surface area contributed by atoms with Gasteiger partial charge in [0.2, 0.25) is 0 Å². The van der Waals surface area contributed by atoms with E-state index in [0.29, 0.717) is 22.7 Å². The van der Waals surface area contributed by atoms with Crippen LogP contribution in [0, 0.1) is 25.3 Å². The number of hydrogen-bond donors (Lipinski definition) is 1. The molecule has 0 amide bonds. The first-order valence-corrected chi connectivity index (χ1v) is 12.4. The number of phenolic OH excluding ortho intramolecular Hbond substituents is 1. The molecule has 40 heavy (non-hydrogen) atoms. The standard InChI is InChI=1S/C33H20N5O.Pt/c1-34-24-19-26(36-22-35(25-11-3-2-4-12-25)28-13-5-6-14-29(28)36)21-27(20-24)37-23-38(31-16-8-7-15-30(31)37)32-17-9-10-18-33(32)39;/h2-20,39H;/q-1;. The van der Waals surface area contributed by atoms with Gasteiger partial charge in [0.25, 0.3) is 12.7 Å². The topological polar surface area (TPSA) is 42.2 Å². The number of rotatable bonds is 4. The summed E-state index contributed by atoms with van der Waals surface area (Å²) in [6.07, 6.45) is 6.85. The summed E-state index contributed by atoms with van der Waals surface area (Å²) in [7, 11) is 0. The first kappa shape index (κ1) is 25.3. The van der Waals surface area contributed by atoms with E-state index in [1.807, 2.05) is 109 Å². The second-order valence-corrected chi connectivity index (χ2v) is 9.06. The molecule has 7 rings (SSSR count). The van der Waals surface area contributed by atoms with Gasteiger partial charge in [-0.2, -0.15) is 18.2 Å². The van der Waals surface area contributed by atoms with E-state index in [1.54, 1.807) is 18.2 Å². The van der Waals surface area contributed by atoms with Crippen LogP contribution in [0.1, 0.15) is 0 Å². The zero-order chi connectivity index (χ0) is 26.3. The number of hydrogen-bond acceptors (Lipinski definition) is 1. The number of benzene rings is 5. The van der Waals surface area contributed by atoms with E-state index >= 15 is 0 Å². The number of aromatic nitrogens is 4. The number of nitrogens with zero attached hydrogens (tertiary/aromatic N) is 5. The quantitative estimate of drug-likeness (QED) is 0.184. The van der Waals surface area contributed by atoms with Crippen molar-refractivity contribution in [3.05, 3.63) is 145 Å². The molecule has 0 radical (unpaired) electrons. The Kier molecular flexibility index (Phi) is 6.51. The van der Waals surface area contributed by atoms with Gasteiger partial charge in [-0.15, -0.1) is 0 Å². The van der Waals surface area contributed by atoms with E-state index in [4.69, 9.17) is 6.57 Å². The molecule has 194 valence electrons. The Morgan fingerprint density at radius 1 is 0.650 bits per heavy atom. The van der Waals surface area contributed by atoms with Crippen molar-refractivity contribution in [2.45, 2.75) is 0 Å². The van der Waals surface area contributed by atoms with Crippen molar-refractivity contribution in [1.29, 1.82) is 0 Å². The molecule has 0 unspecified atom stereocenters. The maximum Gasteiger partial charge on any atom is 0.268 e. The van der Waals surface area contributed by atoms with E-state index in [2.05, 4.69) is 29.6 Å². The van der Waals surface area contributed by atoms with E-state index in [1.165, 1.54) is 0 Å². The molecule has 0 bridgehead atoms. The molecule has 0 saturated carbocycles. The molecular formula is C33H20N5OPt-. The smallest absolute Gasteiger partial charge is 0.268 e. The molecule has 0 fully saturated rings. The van der Waals surface area contributed by atoms with Crippen LogP contribution in [0.2, 0.25) is 0 Å². The normalized spacial score (nSPS) is 10.9. The van der Waals surface area contributed by atoms with Gasteiger partial charge in [-0.1, -0.05) is 90.2 Å². The second kappa shape index (κ2) is 10.3. The third kappa shape index (κ3) is 4.18. The predicted octanol–water partition coefficient (Wildman–Crippen LogP) is 5.78. The van der Waals surface area contributed by atoms with Gasteiger partial charge in [-0.25, -0.2) is 0 Å². The SMILES string of the molecule is [C-]#[N+]c1cc(-n2[c-][n+](-c3ccccc3)c3ccccc32)[c-]c(-n2[c-][n+](-c3ccccc3O)c3ccccc32)c1.[Pt]. The Labute approximate surface area is 245 Å². The molecule has 7 aromatic rings. The Bertz CT molecular complexity index is 2050. The van der Waals surface area contributed by atoms with Crippen LogP contribution in [0.25, 0.3) is 49.7 Å². The summed E-state index contributed by atoms with van der Waals surface area (Å²) in [5, 5.41) is 10.6. The van der Waals surface area contributed by atoms with Crippen LogP contribution in [0.4, 0.5) is 5.69 Å². The monoisotopic (exact) mass is 697 g/mol. The van der Waals surface area contributed by atoms with Gasteiger partial charge in [0.15, 0.2) is 0 Å². The van der Waals surface area contributed by atoms with Crippen LogP contribution < -0.4 is 9.13 Å². The van der Waals surface area contributed by atoms with Crippen LogP contribution >= 0.6 is 0 Å². The zero-order valence-electron chi connectivity index (χ0n) is 21.0. The summed E-state index contributed by atoms with van der Waals surface area (Å²) in [5.74, 6) is 0.153. The molecule has 2 aromatic heterocycles. The maximum atomic E-state index is 10.6. The molecule has 0 spiro atoms. The fraction of sp³-hybridized carbons (Fsp3) is 0. The summed E-state index contributed by atoms with van der Waals surface area (Å²) < 4.78 is 7.64. The molecule has 7 heteroatoms. The average Bonchev–Trinajstić information content (AvgIpc) is 3.57. The zero-order valence-corrected chi connectivity index (χ0v) is 23.2. The minimum atomic E-state index is 0. The van der Waals surface area contributed by atoms with Crippen LogP contribution in [-0.2, 0) is 21.1 Å². The van der Waals surface area contributed by atoms with Gasteiger partial charge < -0.3 is 14.2 Å². The molecule has 0 saturated heterocycles. The molecular weight excluding hydrogens is 677 g/mol. The van der Waals surface area contributed by atoms with Gasteiger partial charge in [-0.05, 0) is 24.3 Å². The van der Waals surface area contributed by atoms with E-state index in [9.17, 15) is 5.11 Å². The molecule has 1 N–H and O–H groups in total. The van der Waals surface area contributed by atoms with E-state index in [0.717, 1.165) is 27.8 Å². The van der Waals surface area contributed by atoms with Crippen LogP contribution in [0.3, 0.4) is 0 Å².